The molecule has 0 aliphatic heterocycles. The predicted octanol–water partition coefficient (Wildman–Crippen LogP) is 3.26. The molecular formula is C16H14FNO. The van der Waals surface area contributed by atoms with Gasteiger partial charge in [0.15, 0.2) is 0 Å². The number of aryl methyl sites for hydroxylation is 1. The van der Waals surface area contributed by atoms with Crippen LogP contribution in [0.25, 0.3) is 0 Å². The zero-order chi connectivity index (χ0) is 14.0. The van der Waals surface area contributed by atoms with Crippen molar-refractivity contribution in [2.75, 3.05) is 0 Å². The topological polar surface area (TPSA) is 44.0 Å². The minimum Gasteiger partial charge on any atom is -0.381 e. The number of hydrogen-bond acceptors (Lipinski definition) is 2. The maximum absolute atomic E-state index is 13.4. The highest BCUT2D eigenvalue weighted by Crippen LogP contribution is 2.32. The second-order valence-corrected chi connectivity index (χ2v) is 4.72. The Bertz CT molecular complexity index is 656. The lowest BCUT2D eigenvalue weighted by molar-refractivity contribution is 0.101. The van der Waals surface area contributed by atoms with Crippen LogP contribution in [-0.2, 0) is 5.60 Å². The summed E-state index contributed by atoms with van der Waals surface area (Å²) in [4.78, 5) is 0. The molecule has 0 saturated heterocycles. The third kappa shape index (κ3) is 2.49. The van der Waals surface area contributed by atoms with Gasteiger partial charge in [-0.1, -0.05) is 18.2 Å². The summed E-state index contributed by atoms with van der Waals surface area (Å²) in [6.45, 7) is 3.42. The van der Waals surface area contributed by atoms with Crippen molar-refractivity contribution in [1.29, 1.82) is 5.26 Å². The van der Waals surface area contributed by atoms with Crippen LogP contribution in [0.2, 0.25) is 0 Å². The van der Waals surface area contributed by atoms with Gasteiger partial charge in [-0.3, -0.25) is 0 Å². The van der Waals surface area contributed by atoms with Crippen molar-refractivity contribution in [1.82, 2.24) is 0 Å². The second-order valence-electron chi connectivity index (χ2n) is 4.72. The van der Waals surface area contributed by atoms with Crippen LogP contribution in [0, 0.1) is 24.1 Å². The quantitative estimate of drug-likeness (QED) is 0.895. The summed E-state index contributed by atoms with van der Waals surface area (Å²) < 4.78 is 13.4. The van der Waals surface area contributed by atoms with E-state index < -0.39 is 11.4 Å². The minimum absolute atomic E-state index is 0.391. The largest absolute Gasteiger partial charge is 0.381 e. The molecule has 2 nitrogen and oxygen atoms in total. The molecule has 1 N–H and O–H groups in total. The van der Waals surface area contributed by atoms with Gasteiger partial charge < -0.3 is 5.11 Å². The van der Waals surface area contributed by atoms with E-state index in [4.69, 9.17) is 5.26 Å². The van der Waals surface area contributed by atoms with Crippen LogP contribution in [0.15, 0.2) is 42.5 Å². The Morgan fingerprint density at radius 2 is 1.95 bits per heavy atom. The Labute approximate surface area is 111 Å². The Balaban J connectivity index is 2.58. The molecule has 0 aliphatic carbocycles. The van der Waals surface area contributed by atoms with E-state index in [1.54, 1.807) is 37.3 Å². The molecule has 2 aromatic carbocycles. The molecule has 2 aromatic rings. The van der Waals surface area contributed by atoms with Gasteiger partial charge in [0.25, 0.3) is 0 Å². The van der Waals surface area contributed by atoms with E-state index in [2.05, 4.69) is 0 Å². The standard InChI is InChI=1S/C16H14FNO/c1-11-6-7-14(17)9-15(11)16(2,19)13-5-3-4-12(8-13)10-18/h3-9,19H,1-2H3. The second kappa shape index (κ2) is 4.83. The van der Waals surface area contributed by atoms with E-state index in [1.165, 1.54) is 12.1 Å². The van der Waals surface area contributed by atoms with Crippen molar-refractivity contribution in [3.8, 4) is 6.07 Å². The number of nitriles is 1. The first-order valence-electron chi connectivity index (χ1n) is 5.95. The van der Waals surface area contributed by atoms with Crippen LogP contribution in [-0.4, -0.2) is 5.11 Å². The molecule has 0 aliphatic rings. The molecule has 1 atom stereocenters. The lowest BCUT2D eigenvalue weighted by Crippen LogP contribution is -2.24. The number of rotatable bonds is 2. The van der Waals surface area contributed by atoms with Crippen LogP contribution in [0.5, 0.6) is 0 Å². The van der Waals surface area contributed by atoms with E-state index in [1.807, 2.05) is 13.0 Å². The average Bonchev–Trinajstić information content (AvgIpc) is 2.41. The monoisotopic (exact) mass is 255 g/mol. The molecule has 0 spiro atoms. The summed E-state index contributed by atoms with van der Waals surface area (Å²) in [6.07, 6.45) is 0. The molecule has 0 fully saturated rings. The highest BCUT2D eigenvalue weighted by Gasteiger charge is 2.27. The molecule has 0 aromatic heterocycles. The Morgan fingerprint density at radius 1 is 1.21 bits per heavy atom. The lowest BCUT2D eigenvalue weighted by Gasteiger charge is -2.26. The summed E-state index contributed by atoms with van der Waals surface area (Å²) in [7, 11) is 0. The van der Waals surface area contributed by atoms with Crippen LogP contribution in [0.1, 0.15) is 29.2 Å². The molecule has 19 heavy (non-hydrogen) atoms. The van der Waals surface area contributed by atoms with Crippen molar-refractivity contribution in [3.63, 3.8) is 0 Å². The average molecular weight is 255 g/mol. The highest BCUT2D eigenvalue weighted by atomic mass is 19.1. The summed E-state index contributed by atoms with van der Waals surface area (Å²) in [5.74, 6) is -0.391. The molecule has 0 amide bonds. The smallest absolute Gasteiger partial charge is 0.123 e. The maximum atomic E-state index is 13.4. The summed E-state index contributed by atoms with van der Waals surface area (Å²) in [5, 5.41) is 19.6. The van der Waals surface area contributed by atoms with E-state index in [9.17, 15) is 9.50 Å². The van der Waals surface area contributed by atoms with Crippen LogP contribution < -0.4 is 0 Å². The zero-order valence-electron chi connectivity index (χ0n) is 10.8. The summed E-state index contributed by atoms with van der Waals surface area (Å²) in [6, 6.07) is 13.1. The normalized spacial score (nSPS) is 13.6. The van der Waals surface area contributed by atoms with Crippen LogP contribution in [0.4, 0.5) is 4.39 Å². The molecule has 3 heteroatoms. The van der Waals surface area contributed by atoms with Gasteiger partial charge in [-0.2, -0.15) is 5.26 Å². The van der Waals surface area contributed by atoms with Crippen molar-refractivity contribution in [3.05, 3.63) is 70.5 Å². The molecule has 0 bridgehead atoms. The minimum atomic E-state index is -1.33. The van der Waals surface area contributed by atoms with Crippen molar-refractivity contribution in [2.24, 2.45) is 0 Å². The van der Waals surface area contributed by atoms with E-state index in [0.717, 1.165) is 5.56 Å². The molecule has 0 heterocycles. The fourth-order valence-corrected chi connectivity index (χ4v) is 2.17. The molecular weight excluding hydrogens is 241 g/mol. The number of hydrogen-bond donors (Lipinski definition) is 1. The molecule has 0 saturated carbocycles. The van der Waals surface area contributed by atoms with Crippen molar-refractivity contribution >= 4 is 0 Å². The number of benzene rings is 2. The van der Waals surface area contributed by atoms with Crippen molar-refractivity contribution < 1.29 is 9.50 Å². The Hall–Kier alpha value is -2.18. The first-order chi connectivity index (χ1) is 8.95. The first-order valence-corrected chi connectivity index (χ1v) is 5.95. The van der Waals surface area contributed by atoms with Gasteiger partial charge in [0.1, 0.15) is 11.4 Å². The third-order valence-electron chi connectivity index (χ3n) is 3.28. The fraction of sp³-hybridized carbons (Fsp3) is 0.188. The highest BCUT2D eigenvalue weighted by molar-refractivity contribution is 5.43. The molecule has 96 valence electrons. The summed E-state index contributed by atoms with van der Waals surface area (Å²) >= 11 is 0. The summed E-state index contributed by atoms with van der Waals surface area (Å²) in [5.41, 5.74) is 1.00. The van der Waals surface area contributed by atoms with Crippen LogP contribution >= 0.6 is 0 Å². The van der Waals surface area contributed by atoms with Gasteiger partial charge in [0, 0.05) is 0 Å². The maximum Gasteiger partial charge on any atom is 0.123 e. The van der Waals surface area contributed by atoms with Gasteiger partial charge in [0.05, 0.1) is 11.6 Å². The first kappa shape index (κ1) is 13.3. The van der Waals surface area contributed by atoms with Gasteiger partial charge in [-0.25, -0.2) is 4.39 Å². The molecule has 2 rings (SSSR count). The third-order valence-corrected chi connectivity index (χ3v) is 3.28. The van der Waals surface area contributed by atoms with Gasteiger partial charge >= 0.3 is 0 Å². The number of halogens is 1. The van der Waals surface area contributed by atoms with E-state index >= 15 is 0 Å². The SMILES string of the molecule is Cc1ccc(F)cc1C(C)(O)c1cccc(C#N)c1. The van der Waals surface area contributed by atoms with E-state index in [-0.39, 0.29) is 0 Å². The van der Waals surface area contributed by atoms with Gasteiger partial charge in [-0.05, 0) is 54.8 Å². The Kier molecular flexibility index (Phi) is 3.37. The van der Waals surface area contributed by atoms with Crippen LogP contribution in [0.3, 0.4) is 0 Å². The van der Waals surface area contributed by atoms with Gasteiger partial charge in [-0.15, -0.1) is 0 Å². The van der Waals surface area contributed by atoms with Gasteiger partial charge in [0.2, 0.25) is 0 Å². The van der Waals surface area contributed by atoms with E-state index in [0.29, 0.717) is 16.7 Å². The predicted molar refractivity (Wildman–Crippen MR) is 71.0 cm³/mol. The number of nitrogens with zero attached hydrogens (tertiary/aromatic N) is 1. The Morgan fingerprint density at radius 3 is 2.63 bits per heavy atom. The molecule has 1 unspecified atom stereocenters. The lowest BCUT2D eigenvalue weighted by atomic mass is 9.85. The zero-order valence-corrected chi connectivity index (χ0v) is 10.8. The van der Waals surface area contributed by atoms with Crippen molar-refractivity contribution in [2.45, 2.75) is 19.4 Å². The number of aliphatic hydroxyl groups is 1. The molecule has 0 radical (unpaired) electrons. The fourth-order valence-electron chi connectivity index (χ4n) is 2.17.